The number of nitrogens with zero attached hydrogens (tertiary/aromatic N) is 2. The highest BCUT2D eigenvalue weighted by molar-refractivity contribution is 6.06. The first kappa shape index (κ1) is 16.7. The fourth-order valence-corrected chi connectivity index (χ4v) is 4.14. The first-order valence-electron chi connectivity index (χ1n) is 9.93. The quantitative estimate of drug-likeness (QED) is 0.171. The third-order valence-electron chi connectivity index (χ3n) is 5.58. The van der Waals surface area contributed by atoms with Crippen LogP contribution >= 0.6 is 0 Å². The van der Waals surface area contributed by atoms with Crippen molar-refractivity contribution in [1.29, 1.82) is 0 Å². The molecule has 0 aliphatic carbocycles. The fourth-order valence-electron chi connectivity index (χ4n) is 4.14. The molecule has 0 spiro atoms. The predicted octanol–water partition coefficient (Wildman–Crippen LogP) is 6.49. The van der Waals surface area contributed by atoms with Crippen molar-refractivity contribution in [3.05, 3.63) is 108 Å². The van der Waals surface area contributed by atoms with Gasteiger partial charge in [-0.05, 0) is 39.7 Å². The van der Waals surface area contributed by atoms with Crippen molar-refractivity contribution in [1.82, 2.24) is 9.97 Å². The van der Waals surface area contributed by atoms with E-state index in [0.29, 0.717) is 0 Å². The van der Waals surface area contributed by atoms with Gasteiger partial charge in [-0.25, -0.2) is 0 Å². The lowest BCUT2D eigenvalue weighted by atomic mass is 9.96. The second-order valence-corrected chi connectivity index (χ2v) is 7.34. The fraction of sp³-hybridized carbons (Fsp3) is 0. The molecule has 0 unspecified atom stereocenters. The van der Waals surface area contributed by atoms with Gasteiger partial charge in [0.2, 0.25) is 0 Å². The van der Waals surface area contributed by atoms with Crippen LogP contribution in [0.25, 0.3) is 43.4 Å². The molecule has 2 heterocycles. The van der Waals surface area contributed by atoms with Crippen molar-refractivity contribution in [2.24, 2.45) is 0 Å². The molecule has 4 aromatic carbocycles. The standard InChI is InChI=1S/C28H16N2/c1-3-9-23-21(6-1)18-22-7-2-4-10-24(22)26(23)14-11-19-15-17-30-28-25(19)13-12-20-8-5-16-29-27(20)28/h1-10,12-13,15-18H. The Morgan fingerprint density at radius 1 is 0.500 bits per heavy atom. The maximum atomic E-state index is 4.59. The van der Waals surface area contributed by atoms with Gasteiger partial charge < -0.3 is 0 Å². The molecule has 0 saturated carbocycles. The first-order valence-corrected chi connectivity index (χ1v) is 9.93. The first-order chi connectivity index (χ1) is 14.9. The van der Waals surface area contributed by atoms with Crippen LogP contribution in [-0.2, 0) is 0 Å². The summed E-state index contributed by atoms with van der Waals surface area (Å²) < 4.78 is 0. The van der Waals surface area contributed by atoms with Crippen LogP contribution in [0.4, 0.5) is 0 Å². The van der Waals surface area contributed by atoms with Gasteiger partial charge in [0.1, 0.15) is 0 Å². The largest absolute Gasteiger partial charge is 0.254 e. The summed E-state index contributed by atoms with van der Waals surface area (Å²) in [6.07, 6.45) is 3.63. The van der Waals surface area contributed by atoms with E-state index in [1.807, 2.05) is 24.5 Å². The van der Waals surface area contributed by atoms with Gasteiger partial charge in [-0.1, -0.05) is 78.6 Å². The molecule has 0 amide bonds. The van der Waals surface area contributed by atoms with Crippen molar-refractivity contribution in [3.8, 4) is 11.8 Å². The van der Waals surface area contributed by atoms with E-state index < -0.39 is 0 Å². The van der Waals surface area contributed by atoms with Crippen LogP contribution in [0, 0.1) is 11.8 Å². The summed E-state index contributed by atoms with van der Waals surface area (Å²) in [6, 6.07) is 29.3. The minimum absolute atomic E-state index is 0.891. The van der Waals surface area contributed by atoms with Gasteiger partial charge in [-0.3, -0.25) is 9.97 Å². The minimum atomic E-state index is 0.891. The monoisotopic (exact) mass is 380 g/mol. The van der Waals surface area contributed by atoms with Crippen LogP contribution in [0.2, 0.25) is 0 Å². The molecule has 0 saturated heterocycles. The average Bonchev–Trinajstić information content (AvgIpc) is 2.81. The molecule has 2 heteroatoms. The summed E-state index contributed by atoms with van der Waals surface area (Å²) in [7, 11) is 0. The SMILES string of the molecule is C(#Cc1ccnc2c1ccc1cccnc12)c1c2ccccc2cc2ccccc12. The molecule has 138 valence electrons. The summed E-state index contributed by atoms with van der Waals surface area (Å²) >= 11 is 0. The predicted molar refractivity (Wildman–Crippen MR) is 124 cm³/mol. The summed E-state index contributed by atoms with van der Waals surface area (Å²) in [5.41, 5.74) is 3.83. The molecule has 0 fully saturated rings. The van der Waals surface area contributed by atoms with E-state index in [2.05, 4.69) is 94.6 Å². The Labute approximate surface area is 173 Å². The maximum absolute atomic E-state index is 4.59. The van der Waals surface area contributed by atoms with E-state index in [4.69, 9.17) is 0 Å². The van der Waals surface area contributed by atoms with Crippen LogP contribution in [-0.4, -0.2) is 9.97 Å². The topological polar surface area (TPSA) is 25.8 Å². The molecular weight excluding hydrogens is 364 g/mol. The molecule has 0 aliphatic rings. The number of pyridine rings is 2. The lowest BCUT2D eigenvalue weighted by Crippen LogP contribution is -1.88. The Morgan fingerprint density at radius 3 is 2.00 bits per heavy atom. The van der Waals surface area contributed by atoms with Gasteiger partial charge in [0.15, 0.2) is 0 Å². The van der Waals surface area contributed by atoms with Gasteiger partial charge in [0.25, 0.3) is 0 Å². The van der Waals surface area contributed by atoms with Gasteiger partial charge in [0.05, 0.1) is 11.0 Å². The van der Waals surface area contributed by atoms with Gasteiger partial charge in [-0.15, -0.1) is 0 Å². The highest BCUT2D eigenvalue weighted by atomic mass is 14.7. The van der Waals surface area contributed by atoms with Crippen LogP contribution in [0.15, 0.2) is 97.3 Å². The molecule has 0 bridgehead atoms. The Morgan fingerprint density at radius 2 is 1.20 bits per heavy atom. The van der Waals surface area contributed by atoms with Crippen LogP contribution in [0.5, 0.6) is 0 Å². The maximum Gasteiger partial charge on any atom is 0.0977 e. The molecule has 6 rings (SSSR count). The Balaban J connectivity index is 1.63. The molecule has 0 aliphatic heterocycles. The van der Waals surface area contributed by atoms with E-state index in [1.54, 1.807) is 0 Å². The van der Waals surface area contributed by atoms with Crippen LogP contribution < -0.4 is 0 Å². The zero-order chi connectivity index (χ0) is 19.9. The molecule has 6 aromatic rings. The number of hydrogen-bond acceptors (Lipinski definition) is 2. The van der Waals surface area contributed by atoms with Crippen molar-refractivity contribution in [2.45, 2.75) is 0 Å². The number of fused-ring (bicyclic) bond motifs is 5. The van der Waals surface area contributed by atoms with Crippen molar-refractivity contribution >= 4 is 43.4 Å². The van der Waals surface area contributed by atoms with Crippen molar-refractivity contribution in [3.63, 3.8) is 0 Å². The Bertz CT molecular complexity index is 1600. The second-order valence-electron chi connectivity index (χ2n) is 7.34. The van der Waals surface area contributed by atoms with E-state index in [1.165, 1.54) is 21.5 Å². The van der Waals surface area contributed by atoms with Gasteiger partial charge in [-0.2, -0.15) is 0 Å². The number of benzene rings is 4. The lowest BCUT2D eigenvalue weighted by Gasteiger charge is -2.07. The lowest BCUT2D eigenvalue weighted by molar-refractivity contribution is 1.37. The number of aromatic nitrogens is 2. The molecule has 0 radical (unpaired) electrons. The third-order valence-corrected chi connectivity index (χ3v) is 5.58. The van der Waals surface area contributed by atoms with E-state index >= 15 is 0 Å². The van der Waals surface area contributed by atoms with Crippen LogP contribution in [0.3, 0.4) is 0 Å². The molecule has 0 atom stereocenters. The van der Waals surface area contributed by atoms with Crippen molar-refractivity contribution < 1.29 is 0 Å². The Hall–Kier alpha value is -4.22. The molecule has 0 N–H and O–H groups in total. The highest BCUT2D eigenvalue weighted by Gasteiger charge is 2.07. The second kappa shape index (κ2) is 6.69. The summed E-state index contributed by atoms with van der Waals surface area (Å²) in [5.74, 6) is 6.92. The normalized spacial score (nSPS) is 11.1. The minimum Gasteiger partial charge on any atom is -0.254 e. The Kier molecular flexibility index (Phi) is 3.72. The molecule has 30 heavy (non-hydrogen) atoms. The average molecular weight is 380 g/mol. The smallest absolute Gasteiger partial charge is 0.0977 e. The zero-order valence-corrected chi connectivity index (χ0v) is 16.1. The van der Waals surface area contributed by atoms with E-state index in [0.717, 1.165) is 32.9 Å². The van der Waals surface area contributed by atoms with E-state index in [9.17, 15) is 0 Å². The molecule has 2 nitrogen and oxygen atoms in total. The summed E-state index contributed by atoms with van der Waals surface area (Å²) in [4.78, 5) is 9.13. The van der Waals surface area contributed by atoms with Crippen LogP contribution in [0.1, 0.15) is 11.1 Å². The molecule has 2 aromatic heterocycles. The van der Waals surface area contributed by atoms with Crippen molar-refractivity contribution in [2.75, 3.05) is 0 Å². The number of hydrogen-bond donors (Lipinski definition) is 0. The number of rotatable bonds is 0. The van der Waals surface area contributed by atoms with Gasteiger partial charge in [0, 0.05) is 34.3 Å². The highest BCUT2D eigenvalue weighted by Crippen LogP contribution is 2.28. The molecular formula is C28H16N2. The summed E-state index contributed by atoms with van der Waals surface area (Å²) in [5, 5.41) is 6.87. The summed E-state index contributed by atoms with van der Waals surface area (Å²) in [6.45, 7) is 0. The third kappa shape index (κ3) is 2.61. The van der Waals surface area contributed by atoms with Gasteiger partial charge >= 0.3 is 0 Å². The van der Waals surface area contributed by atoms with E-state index in [-0.39, 0.29) is 0 Å². The zero-order valence-electron chi connectivity index (χ0n) is 16.1.